The van der Waals surface area contributed by atoms with Crippen molar-refractivity contribution in [2.45, 2.75) is 43.5 Å². The molecule has 150 valence electrons. The molecule has 3 rings (SSSR count). The van der Waals surface area contributed by atoms with Crippen LogP contribution in [0.15, 0.2) is 30.3 Å². The number of pyridine rings is 1. The Morgan fingerprint density at radius 1 is 1.21 bits per heavy atom. The number of rotatable bonds is 4. The predicted molar refractivity (Wildman–Crippen MR) is 104 cm³/mol. The summed E-state index contributed by atoms with van der Waals surface area (Å²) in [5, 5.41) is 13.7. The standard InChI is InChI=1S/C19H17Cl3F2N2O2/c20-12-4-5-14(21)25-16(12)18(27)26-17(11-2-1-3-13(24)15(11)22)19(28)8-6-10(23)7-9-19/h1-5,10,17,28H,6-9H2,(H,26,27)/t10-,17?,19+. The van der Waals surface area contributed by atoms with Gasteiger partial charge in [0.15, 0.2) is 0 Å². The van der Waals surface area contributed by atoms with Crippen molar-refractivity contribution in [1.82, 2.24) is 10.3 Å². The summed E-state index contributed by atoms with van der Waals surface area (Å²) in [5.74, 6) is -1.41. The van der Waals surface area contributed by atoms with Gasteiger partial charge in [-0.15, -0.1) is 0 Å². The van der Waals surface area contributed by atoms with Gasteiger partial charge >= 0.3 is 0 Å². The minimum absolute atomic E-state index is 0.0606. The summed E-state index contributed by atoms with van der Waals surface area (Å²) in [5.41, 5.74) is -1.47. The van der Waals surface area contributed by atoms with E-state index in [9.17, 15) is 18.7 Å². The normalized spacial score (nSPS) is 23.3. The van der Waals surface area contributed by atoms with Crippen molar-refractivity contribution in [2.24, 2.45) is 0 Å². The van der Waals surface area contributed by atoms with E-state index < -0.39 is 29.5 Å². The lowest BCUT2D eigenvalue weighted by Crippen LogP contribution is -2.49. The molecule has 0 radical (unpaired) electrons. The number of carbonyl (C=O) groups excluding carboxylic acids is 1. The number of hydrogen-bond acceptors (Lipinski definition) is 3. The number of benzene rings is 1. The Morgan fingerprint density at radius 3 is 2.57 bits per heavy atom. The van der Waals surface area contributed by atoms with Crippen LogP contribution in [0.5, 0.6) is 0 Å². The van der Waals surface area contributed by atoms with Crippen molar-refractivity contribution in [2.75, 3.05) is 0 Å². The van der Waals surface area contributed by atoms with Crippen LogP contribution >= 0.6 is 34.8 Å². The van der Waals surface area contributed by atoms with Crippen LogP contribution in [0, 0.1) is 5.82 Å². The van der Waals surface area contributed by atoms with Crippen molar-refractivity contribution in [1.29, 1.82) is 0 Å². The molecule has 1 unspecified atom stereocenters. The van der Waals surface area contributed by atoms with Crippen molar-refractivity contribution in [3.8, 4) is 0 Å². The molecule has 1 heterocycles. The number of aromatic nitrogens is 1. The van der Waals surface area contributed by atoms with E-state index >= 15 is 0 Å². The molecule has 1 aliphatic rings. The van der Waals surface area contributed by atoms with Crippen molar-refractivity contribution in [3.63, 3.8) is 0 Å². The van der Waals surface area contributed by atoms with E-state index in [1.807, 2.05) is 0 Å². The van der Waals surface area contributed by atoms with E-state index in [1.165, 1.54) is 30.3 Å². The number of nitrogens with one attached hydrogen (secondary N) is 1. The van der Waals surface area contributed by atoms with Crippen molar-refractivity contribution < 1.29 is 18.7 Å². The maximum Gasteiger partial charge on any atom is 0.272 e. The molecule has 1 aliphatic carbocycles. The van der Waals surface area contributed by atoms with Gasteiger partial charge in [-0.25, -0.2) is 13.8 Å². The highest BCUT2D eigenvalue weighted by Crippen LogP contribution is 2.42. The van der Waals surface area contributed by atoms with Gasteiger partial charge in [0, 0.05) is 0 Å². The molecule has 1 aromatic heterocycles. The molecule has 1 saturated carbocycles. The summed E-state index contributed by atoms with van der Waals surface area (Å²) in [6.45, 7) is 0. The molecular formula is C19H17Cl3F2N2O2. The Balaban J connectivity index is 2.00. The summed E-state index contributed by atoms with van der Waals surface area (Å²) >= 11 is 18.0. The lowest BCUT2D eigenvalue weighted by molar-refractivity contribution is -0.0446. The Hall–Kier alpha value is -1.47. The summed E-state index contributed by atoms with van der Waals surface area (Å²) in [6.07, 6.45) is -0.660. The predicted octanol–water partition coefficient (Wildman–Crippen LogP) is 5.30. The molecule has 2 N–H and O–H groups in total. The van der Waals surface area contributed by atoms with Gasteiger partial charge in [-0.05, 0) is 49.4 Å². The van der Waals surface area contributed by atoms with Gasteiger partial charge in [0.05, 0.1) is 21.7 Å². The number of alkyl halides is 1. The van der Waals surface area contributed by atoms with Crippen LogP contribution in [0.3, 0.4) is 0 Å². The highest BCUT2D eigenvalue weighted by atomic mass is 35.5. The topological polar surface area (TPSA) is 62.2 Å². The molecule has 9 heteroatoms. The summed E-state index contributed by atoms with van der Waals surface area (Å²) in [6, 6.07) is 5.85. The number of halogens is 5. The third-order valence-electron chi connectivity index (χ3n) is 4.91. The number of amides is 1. The van der Waals surface area contributed by atoms with Crippen LogP contribution in [0.4, 0.5) is 8.78 Å². The molecular weight excluding hydrogens is 433 g/mol. The van der Waals surface area contributed by atoms with Gasteiger partial charge in [-0.2, -0.15) is 0 Å². The largest absolute Gasteiger partial charge is 0.387 e. The molecule has 2 aromatic rings. The molecule has 28 heavy (non-hydrogen) atoms. The molecule has 0 spiro atoms. The lowest BCUT2D eigenvalue weighted by Gasteiger charge is -2.41. The Morgan fingerprint density at radius 2 is 1.89 bits per heavy atom. The Labute approximate surface area is 175 Å². The van der Waals surface area contributed by atoms with E-state index in [4.69, 9.17) is 34.8 Å². The first-order valence-corrected chi connectivity index (χ1v) is 9.78. The van der Waals surface area contributed by atoms with Gasteiger partial charge < -0.3 is 10.4 Å². The third-order valence-corrected chi connectivity index (χ3v) is 5.83. The first-order valence-electron chi connectivity index (χ1n) is 8.64. The van der Waals surface area contributed by atoms with Gasteiger partial charge in [0.1, 0.15) is 22.8 Å². The Kier molecular flexibility index (Phi) is 6.44. The average molecular weight is 450 g/mol. The highest BCUT2D eigenvalue weighted by Gasteiger charge is 2.43. The van der Waals surface area contributed by atoms with E-state index in [-0.39, 0.29) is 52.1 Å². The van der Waals surface area contributed by atoms with Crippen LogP contribution in [-0.2, 0) is 0 Å². The van der Waals surface area contributed by atoms with E-state index in [2.05, 4.69) is 10.3 Å². The first-order chi connectivity index (χ1) is 13.2. The maximum atomic E-state index is 14.0. The fourth-order valence-electron chi connectivity index (χ4n) is 3.39. The van der Waals surface area contributed by atoms with Crippen LogP contribution in [-0.4, -0.2) is 27.8 Å². The number of carbonyl (C=O) groups is 1. The zero-order valence-electron chi connectivity index (χ0n) is 14.6. The zero-order valence-corrected chi connectivity index (χ0v) is 16.8. The minimum Gasteiger partial charge on any atom is -0.387 e. The summed E-state index contributed by atoms with van der Waals surface area (Å²) < 4.78 is 27.7. The Bertz CT molecular complexity index is 889. The van der Waals surface area contributed by atoms with Gasteiger partial charge in [0.2, 0.25) is 0 Å². The molecule has 1 fully saturated rings. The van der Waals surface area contributed by atoms with E-state index in [0.717, 1.165) is 0 Å². The number of aliphatic hydroxyl groups is 1. The fourth-order valence-corrected chi connectivity index (χ4v) is 3.97. The average Bonchev–Trinajstić information content (AvgIpc) is 2.66. The van der Waals surface area contributed by atoms with Gasteiger partial charge in [0.25, 0.3) is 5.91 Å². The SMILES string of the molecule is O=C(NC(c1cccc(F)c1Cl)[C@]1(O)CC[C@@H](F)CC1)c1nc(Cl)ccc1Cl. The quantitative estimate of drug-likeness (QED) is 0.623. The highest BCUT2D eigenvalue weighted by molar-refractivity contribution is 6.34. The summed E-state index contributed by atoms with van der Waals surface area (Å²) in [7, 11) is 0. The van der Waals surface area contributed by atoms with Crippen LogP contribution in [0.2, 0.25) is 15.2 Å². The number of nitrogens with zero attached hydrogens (tertiary/aromatic N) is 1. The van der Waals surface area contributed by atoms with Gasteiger partial charge in [-0.3, -0.25) is 4.79 Å². The molecule has 1 aromatic carbocycles. The van der Waals surface area contributed by atoms with E-state index in [1.54, 1.807) is 0 Å². The first kappa shape index (κ1) is 21.2. The molecule has 0 saturated heterocycles. The van der Waals surface area contributed by atoms with Crippen LogP contribution in [0.25, 0.3) is 0 Å². The fraction of sp³-hybridized carbons (Fsp3) is 0.368. The minimum atomic E-state index is -1.51. The third kappa shape index (κ3) is 4.40. The van der Waals surface area contributed by atoms with Gasteiger partial charge in [-0.1, -0.05) is 46.9 Å². The van der Waals surface area contributed by atoms with Crippen LogP contribution < -0.4 is 5.32 Å². The van der Waals surface area contributed by atoms with E-state index in [0.29, 0.717) is 0 Å². The molecule has 1 amide bonds. The second-order valence-electron chi connectivity index (χ2n) is 6.79. The summed E-state index contributed by atoms with van der Waals surface area (Å²) in [4.78, 5) is 16.7. The van der Waals surface area contributed by atoms with Crippen LogP contribution in [0.1, 0.15) is 47.8 Å². The second-order valence-corrected chi connectivity index (χ2v) is 7.96. The number of hydrogen-bond donors (Lipinski definition) is 2. The second kappa shape index (κ2) is 8.49. The molecule has 4 nitrogen and oxygen atoms in total. The molecule has 1 atom stereocenters. The zero-order chi connectivity index (χ0) is 20.5. The smallest absolute Gasteiger partial charge is 0.272 e. The van der Waals surface area contributed by atoms with Crippen molar-refractivity contribution >= 4 is 40.7 Å². The van der Waals surface area contributed by atoms with Crippen molar-refractivity contribution in [3.05, 3.63) is 62.6 Å². The molecule has 0 bridgehead atoms. The monoisotopic (exact) mass is 448 g/mol. The maximum absolute atomic E-state index is 14.0. The molecule has 0 aliphatic heterocycles. The lowest BCUT2D eigenvalue weighted by atomic mass is 9.76.